The molecule has 0 bridgehead atoms. The molecule has 4 nitrogen and oxygen atoms in total. The van der Waals surface area contributed by atoms with Gasteiger partial charge in [0.15, 0.2) is 0 Å². The van der Waals surface area contributed by atoms with Gasteiger partial charge in [0.25, 0.3) is 0 Å². The molecule has 0 aliphatic heterocycles. The van der Waals surface area contributed by atoms with Crippen LogP contribution in [0.1, 0.15) is 36.7 Å². The van der Waals surface area contributed by atoms with Gasteiger partial charge in [-0.05, 0) is 18.6 Å². The number of aromatic nitrogens is 1. The summed E-state index contributed by atoms with van der Waals surface area (Å²) in [7, 11) is 0. The SMILES string of the molecule is CCCCCOC(=O)c1ccccn1.[Li][CH2]N. The fourth-order valence-corrected chi connectivity index (χ4v) is 1.07. The molecular weight excluding hydrogens is 211 g/mol. The van der Waals surface area contributed by atoms with Gasteiger partial charge >= 0.3 is 34.6 Å². The third kappa shape index (κ3) is 8.93. The maximum absolute atomic E-state index is 11.3. The van der Waals surface area contributed by atoms with Crippen molar-refractivity contribution < 1.29 is 9.53 Å². The minimum absolute atomic E-state index is 0.332. The molecule has 2 N–H and O–H groups in total. The molecule has 0 aromatic carbocycles. The first kappa shape index (κ1) is 16.2. The van der Waals surface area contributed by atoms with Crippen LogP contribution in [-0.2, 0) is 4.74 Å². The normalized spacial score (nSPS) is 9.18. The average Bonchev–Trinajstić information content (AvgIpc) is 2.36. The molecule has 17 heavy (non-hydrogen) atoms. The Morgan fingerprint density at radius 1 is 1.47 bits per heavy atom. The predicted molar refractivity (Wildman–Crippen MR) is 68.9 cm³/mol. The third-order valence-corrected chi connectivity index (χ3v) is 1.86. The van der Waals surface area contributed by atoms with Gasteiger partial charge in [0, 0.05) is 6.20 Å². The number of rotatable bonds is 5. The molecule has 1 rings (SSSR count). The van der Waals surface area contributed by atoms with E-state index in [0.717, 1.165) is 24.5 Å². The van der Waals surface area contributed by atoms with Crippen molar-refractivity contribution in [2.75, 3.05) is 11.8 Å². The quantitative estimate of drug-likeness (QED) is 0.473. The van der Waals surface area contributed by atoms with Gasteiger partial charge in [0.2, 0.25) is 0 Å². The molecule has 0 amide bonds. The number of esters is 1. The monoisotopic (exact) mass is 230 g/mol. The molecule has 0 aliphatic carbocycles. The Labute approximate surface area is 112 Å². The number of carbonyl (C=O) groups excluding carboxylic acids is 1. The fourth-order valence-electron chi connectivity index (χ4n) is 1.07. The molecule has 0 atom stereocenters. The van der Waals surface area contributed by atoms with Crippen molar-refractivity contribution in [2.45, 2.75) is 26.2 Å². The summed E-state index contributed by atoms with van der Waals surface area (Å²) >= 11 is 1.90. The Morgan fingerprint density at radius 3 is 2.71 bits per heavy atom. The first-order chi connectivity index (χ1) is 8.26. The van der Waals surface area contributed by atoms with E-state index >= 15 is 0 Å². The molecule has 1 heterocycles. The van der Waals surface area contributed by atoms with Gasteiger partial charge in [-0.25, -0.2) is 9.78 Å². The van der Waals surface area contributed by atoms with Crippen molar-refractivity contribution >= 4 is 23.7 Å². The summed E-state index contributed by atoms with van der Waals surface area (Å²) in [6.45, 7) is 2.60. The Kier molecular flexibility index (Phi) is 11.1. The number of unbranched alkanes of at least 4 members (excludes halogenated alkanes) is 2. The number of hydrogen-bond acceptors (Lipinski definition) is 4. The summed E-state index contributed by atoms with van der Waals surface area (Å²) < 4.78 is 5.03. The van der Waals surface area contributed by atoms with E-state index in [1.165, 1.54) is 0 Å². The fraction of sp³-hybridized carbons (Fsp3) is 0.500. The van der Waals surface area contributed by atoms with Crippen LogP contribution in [0.3, 0.4) is 0 Å². The van der Waals surface area contributed by atoms with E-state index in [1.54, 1.807) is 24.4 Å². The molecule has 0 radical (unpaired) electrons. The second-order valence-electron chi connectivity index (χ2n) is 3.47. The van der Waals surface area contributed by atoms with E-state index < -0.39 is 0 Å². The van der Waals surface area contributed by atoms with Crippen molar-refractivity contribution in [1.82, 2.24) is 4.98 Å². The topological polar surface area (TPSA) is 65.2 Å². The summed E-state index contributed by atoms with van der Waals surface area (Å²) in [6, 6.07) is 5.20. The van der Waals surface area contributed by atoms with Crippen LogP contribution in [0.15, 0.2) is 24.4 Å². The van der Waals surface area contributed by atoms with Crippen molar-refractivity contribution in [3.8, 4) is 0 Å². The number of carbonyl (C=O) groups is 1. The first-order valence-corrected chi connectivity index (χ1v) is 6.04. The minimum atomic E-state index is -0.332. The molecule has 0 unspecified atom stereocenters. The second-order valence-corrected chi connectivity index (χ2v) is 3.47. The Hall–Kier alpha value is -0.823. The van der Waals surface area contributed by atoms with Gasteiger partial charge in [0.05, 0.1) is 6.61 Å². The zero-order chi connectivity index (χ0) is 12.9. The molecule has 90 valence electrons. The Bertz CT molecular complexity index is 294. The predicted octanol–water partition coefficient (Wildman–Crippen LogP) is 1.50. The van der Waals surface area contributed by atoms with Crippen LogP contribution in [-0.4, -0.2) is 40.5 Å². The van der Waals surface area contributed by atoms with E-state index in [4.69, 9.17) is 10.5 Å². The number of nitrogens with two attached hydrogens (primary N) is 1. The standard InChI is InChI=1S/C11H15NO2.CH4N.Li/c1-2-3-6-9-14-11(13)10-7-4-5-8-12-10;1-2;/h4-5,7-8H,2-3,6,9H2,1H3;1-2H2;. The second kappa shape index (κ2) is 11.7. The van der Waals surface area contributed by atoms with Crippen molar-refractivity contribution in [1.29, 1.82) is 0 Å². The van der Waals surface area contributed by atoms with Gasteiger partial charge in [-0.15, -0.1) is 0 Å². The zero-order valence-corrected chi connectivity index (χ0v) is 10.7. The van der Waals surface area contributed by atoms with Gasteiger partial charge in [0.1, 0.15) is 5.69 Å². The summed E-state index contributed by atoms with van der Waals surface area (Å²) in [5.41, 5.74) is 5.23. The van der Waals surface area contributed by atoms with Crippen LogP contribution < -0.4 is 5.73 Å². The van der Waals surface area contributed by atoms with Crippen molar-refractivity contribution in [2.24, 2.45) is 5.73 Å². The molecule has 0 aliphatic rings. The van der Waals surface area contributed by atoms with Crippen LogP contribution in [0.25, 0.3) is 0 Å². The molecule has 0 saturated carbocycles. The van der Waals surface area contributed by atoms with E-state index in [-0.39, 0.29) is 5.97 Å². The molecular formula is C12H19LiN2O2. The van der Waals surface area contributed by atoms with E-state index in [9.17, 15) is 4.79 Å². The van der Waals surface area contributed by atoms with Gasteiger partial charge in [-0.1, -0.05) is 25.8 Å². The summed E-state index contributed by atoms with van der Waals surface area (Å²) in [5.74, 6) is -0.332. The summed E-state index contributed by atoms with van der Waals surface area (Å²) in [6.07, 6.45) is 4.73. The van der Waals surface area contributed by atoms with Gasteiger partial charge < -0.3 is 4.74 Å². The Morgan fingerprint density at radius 2 is 2.18 bits per heavy atom. The van der Waals surface area contributed by atoms with Crippen LogP contribution >= 0.6 is 0 Å². The van der Waals surface area contributed by atoms with Crippen LogP contribution in [0, 0.1) is 0 Å². The molecule has 1 aromatic heterocycles. The average molecular weight is 230 g/mol. The molecule has 5 heteroatoms. The van der Waals surface area contributed by atoms with E-state index in [0.29, 0.717) is 12.3 Å². The zero-order valence-electron chi connectivity index (χ0n) is 10.7. The molecule has 0 saturated heterocycles. The van der Waals surface area contributed by atoms with Gasteiger partial charge in [-0.2, -0.15) is 0 Å². The number of pyridine rings is 1. The van der Waals surface area contributed by atoms with Crippen LogP contribution in [0.2, 0.25) is 0 Å². The molecule has 0 fully saturated rings. The van der Waals surface area contributed by atoms with Crippen molar-refractivity contribution in [3.63, 3.8) is 0 Å². The maximum atomic E-state index is 11.3. The van der Waals surface area contributed by atoms with Crippen LogP contribution in [0.5, 0.6) is 0 Å². The number of ether oxygens (including phenoxy) is 1. The summed E-state index contributed by atoms with van der Waals surface area (Å²) in [4.78, 5) is 15.2. The van der Waals surface area contributed by atoms with Crippen LogP contribution in [0.4, 0.5) is 0 Å². The number of nitrogens with zero attached hydrogens (tertiary/aromatic N) is 1. The first-order valence-electron chi connectivity index (χ1n) is 6.04. The van der Waals surface area contributed by atoms with Crippen molar-refractivity contribution in [3.05, 3.63) is 30.1 Å². The third-order valence-electron chi connectivity index (χ3n) is 1.86. The van der Waals surface area contributed by atoms with E-state index in [1.807, 2.05) is 17.7 Å². The number of hydrogen-bond donors (Lipinski definition) is 1. The summed E-state index contributed by atoms with van der Waals surface area (Å²) in [5, 5.41) is 0.750. The Balaban J connectivity index is 0.000000770. The van der Waals surface area contributed by atoms with Gasteiger partial charge in [-0.3, -0.25) is 0 Å². The van der Waals surface area contributed by atoms with E-state index in [2.05, 4.69) is 11.9 Å². The molecule has 1 aromatic rings. The molecule has 0 spiro atoms.